The molecule has 0 radical (unpaired) electrons. The van der Waals surface area contributed by atoms with Gasteiger partial charge in [-0.3, -0.25) is 4.90 Å². The van der Waals surface area contributed by atoms with Crippen molar-refractivity contribution in [2.24, 2.45) is 5.92 Å². The molecule has 5 rings (SSSR count). The third-order valence-electron chi connectivity index (χ3n) is 9.69. The largest absolute Gasteiger partial charge is 0.322 e. The lowest BCUT2D eigenvalue weighted by molar-refractivity contribution is 0.116. The highest BCUT2D eigenvalue weighted by atomic mass is 16.2. The summed E-state index contributed by atoms with van der Waals surface area (Å²) in [5, 5.41) is 3.49. The number of nitrogens with zero attached hydrogens (tertiary/aromatic N) is 2. The normalized spacial score (nSPS) is 20.1. The van der Waals surface area contributed by atoms with Crippen molar-refractivity contribution in [3.63, 3.8) is 0 Å². The minimum atomic E-state index is 0.0971. The number of urea groups is 1. The van der Waals surface area contributed by atoms with Crippen molar-refractivity contribution >= 4 is 11.7 Å². The van der Waals surface area contributed by atoms with Gasteiger partial charge in [-0.1, -0.05) is 107 Å². The molecule has 1 N–H and O–H groups in total. The molecule has 224 valence electrons. The summed E-state index contributed by atoms with van der Waals surface area (Å²) >= 11 is 0. The van der Waals surface area contributed by atoms with E-state index in [1.807, 2.05) is 0 Å². The van der Waals surface area contributed by atoms with Gasteiger partial charge in [0.15, 0.2) is 0 Å². The Morgan fingerprint density at radius 2 is 1.33 bits per heavy atom. The third kappa shape index (κ3) is 7.64. The van der Waals surface area contributed by atoms with Crippen LogP contribution < -0.4 is 5.32 Å². The molecule has 4 nitrogen and oxygen atoms in total. The summed E-state index contributed by atoms with van der Waals surface area (Å²) in [7, 11) is 0. The molecule has 1 saturated carbocycles. The van der Waals surface area contributed by atoms with Crippen LogP contribution in [-0.4, -0.2) is 41.5 Å². The highest BCUT2D eigenvalue weighted by molar-refractivity contribution is 5.91. The van der Waals surface area contributed by atoms with Crippen LogP contribution in [0.1, 0.15) is 106 Å². The van der Waals surface area contributed by atoms with E-state index in [2.05, 4.69) is 122 Å². The topological polar surface area (TPSA) is 35.6 Å². The van der Waals surface area contributed by atoms with Gasteiger partial charge in [0, 0.05) is 24.8 Å². The predicted molar refractivity (Wildman–Crippen MR) is 176 cm³/mol. The molecule has 42 heavy (non-hydrogen) atoms. The number of hydrogen-bond donors (Lipinski definition) is 1. The summed E-state index contributed by atoms with van der Waals surface area (Å²) < 4.78 is 0. The van der Waals surface area contributed by atoms with Crippen LogP contribution >= 0.6 is 0 Å². The molecule has 3 aromatic rings. The standard InChI is InChI=1S/C38H51N3O/c1-28(2)35-16-11-17-36(29(3)4)37(35)39-38(42)41(34-20-18-33(19-21-34)32-14-9-6-10-15-32)27-31-22-24-40(25-23-31)26-30-12-7-5-8-13-30/h5-17,28-29,31,33-34H,18-27H2,1-4H3,(H,39,42)/t33-,34-. The number of likely N-dealkylation sites (tertiary alicyclic amines) is 1. The molecule has 2 aliphatic rings. The Hall–Kier alpha value is -3.11. The first kappa shape index (κ1) is 30.4. The van der Waals surface area contributed by atoms with Crippen LogP contribution in [0, 0.1) is 5.92 Å². The number of piperidine rings is 1. The molecule has 0 spiro atoms. The number of rotatable bonds is 9. The monoisotopic (exact) mass is 565 g/mol. The average molecular weight is 566 g/mol. The van der Waals surface area contributed by atoms with Crippen LogP contribution in [0.25, 0.3) is 0 Å². The third-order valence-corrected chi connectivity index (χ3v) is 9.69. The Balaban J connectivity index is 1.30. The van der Waals surface area contributed by atoms with E-state index in [0.717, 1.165) is 70.4 Å². The predicted octanol–water partition coefficient (Wildman–Crippen LogP) is 9.41. The number of carbonyl (C=O) groups excluding carboxylic acids is 1. The van der Waals surface area contributed by atoms with Crippen LogP contribution in [-0.2, 0) is 6.54 Å². The first-order valence-corrected chi connectivity index (χ1v) is 16.4. The van der Waals surface area contributed by atoms with Crippen molar-refractivity contribution in [2.45, 2.75) is 96.6 Å². The number of hydrogen-bond acceptors (Lipinski definition) is 2. The molecule has 0 aromatic heterocycles. The lowest BCUT2D eigenvalue weighted by Crippen LogP contribution is -2.48. The van der Waals surface area contributed by atoms with Crippen LogP contribution in [0.3, 0.4) is 0 Å². The highest BCUT2D eigenvalue weighted by Gasteiger charge is 2.33. The number of amides is 2. The molecule has 1 saturated heterocycles. The Morgan fingerprint density at radius 1 is 0.762 bits per heavy atom. The van der Waals surface area contributed by atoms with E-state index in [9.17, 15) is 4.79 Å². The van der Waals surface area contributed by atoms with Gasteiger partial charge in [-0.05, 0) is 97.5 Å². The zero-order valence-electron chi connectivity index (χ0n) is 26.3. The van der Waals surface area contributed by atoms with Crippen molar-refractivity contribution in [2.75, 3.05) is 25.0 Å². The maximum Gasteiger partial charge on any atom is 0.322 e. The van der Waals surface area contributed by atoms with Gasteiger partial charge in [0.1, 0.15) is 0 Å². The molecule has 1 heterocycles. The second-order valence-corrected chi connectivity index (χ2v) is 13.3. The summed E-state index contributed by atoms with van der Waals surface area (Å²) in [5.41, 5.74) is 6.34. The molecule has 4 heteroatoms. The number of benzene rings is 3. The van der Waals surface area contributed by atoms with E-state index in [-0.39, 0.29) is 6.03 Å². The summed E-state index contributed by atoms with van der Waals surface area (Å²) in [4.78, 5) is 19.1. The zero-order valence-corrected chi connectivity index (χ0v) is 26.3. The molecule has 3 aromatic carbocycles. The van der Waals surface area contributed by atoms with Gasteiger partial charge in [-0.15, -0.1) is 0 Å². The smallest absolute Gasteiger partial charge is 0.321 e. The van der Waals surface area contributed by atoms with Gasteiger partial charge in [0.25, 0.3) is 0 Å². The summed E-state index contributed by atoms with van der Waals surface area (Å²) in [6.45, 7) is 13.0. The van der Waals surface area contributed by atoms with Crippen molar-refractivity contribution in [1.82, 2.24) is 9.80 Å². The number of nitrogens with one attached hydrogen (secondary N) is 1. The molecule has 0 atom stereocenters. The first-order valence-electron chi connectivity index (χ1n) is 16.4. The molecule has 0 bridgehead atoms. The molecule has 1 aliphatic carbocycles. The Kier molecular flexibility index (Phi) is 10.4. The molecule has 0 unspecified atom stereocenters. The lowest BCUT2D eigenvalue weighted by atomic mass is 9.81. The fourth-order valence-electron chi connectivity index (χ4n) is 7.16. The van der Waals surface area contributed by atoms with E-state index >= 15 is 0 Å². The number of carbonyl (C=O) groups is 1. The van der Waals surface area contributed by atoms with Crippen LogP contribution in [0.2, 0.25) is 0 Å². The fraction of sp³-hybridized carbons (Fsp3) is 0.500. The Labute approximate surface area is 254 Å². The second-order valence-electron chi connectivity index (χ2n) is 13.3. The summed E-state index contributed by atoms with van der Waals surface area (Å²) in [6.07, 6.45) is 6.73. The van der Waals surface area contributed by atoms with E-state index in [4.69, 9.17) is 0 Å². The van der Waals surface area contributed by atoms with Gasteiger partial charge in [-0.25, -0.2) is 4.79 Å². The molecule has 2 fully saturated rings. The molecule has 2 amide bonds. The SMILES string of the molecule is CC(C)c1cccc(C(C)C)c1NC(=O)N(CC1CCN(Cc2ccccc2)CC1)[C@H]1CC[C@H](c2ccccc2)CC1. The average Bonchev–Trinajstić information content (AvgIpc) is 3.01. The van der Waals surface area contributed by atoms with Gasteiger partial charge in [0.2, 0.25) is 0 Å². The molecular formula is C38H51N3O. The highest BCUT2D eigenvalue weighted by Crippen LogP contribution is 2.37. The summed E-state index contributed by atoms with van der Waals surface area (Å²) in [5.74, 6) is 1.84. The second kappa shape index (κ2) is 14.4. The molecular weight excluding hydrogens is 514 g/mol. The van der Waals surface area contributed by atoms with E-state index in [1.54, 1.807) is 0 Å². The van der Waals surface area contributed by atoms with Gasteiger partial charge in [-0.2, -0.15) is 0 Å². The Bertz CT molecular complexity index is 1230. The van der Waals surface area contributed by atoms with E-state index in [1.165, 1.54) is 22.3 Å². The van der Waals surface area contributed by atoms with E-state index in [0.29, 0.717) is 29.7 Å². The fourth-order valence-corrected chi connectivity index (χ4v) is 7.16. The van der Waals surface area contributed by atoms with Gasteiger partial charge < -0.3 is 10.2 Å². The van der Waals surface area contributed by atoms with Crippen LogP contribution in [0.15, 0.2) is 78.9 Å². The summed E-state index contributed by atoms with van der Waals surface area (Å²) in [6, 6.07) is 28.7. The van der Waals surface area contributed by atoms with E-state index < -0.39 is 0 Å². The first-order chi connectivity index (χ1) is 20.4. The minimum absolute atomic E-state index is 0.0971. The Morgan fingerprint density at radius 3 is 1.90 bits per heavy atom. The van der Waals surface area contributed by atoms with Crippen molar-refractivity contribution < 1.29 is 4.79 Å². The van der Waals surface area contributed by atoms with Gasteiger partial charge >= 0.3 is 6.03 Å². The van der Waals surface area contributed by atoms with Crippen molar-refractivity contribution in [1.29, 1.82) is 0 Å². The maximum atomic E-state index is 14.3. The van der Waals surface area contributed by atoms with Gasteiger partial charge in [0.05, 0.1) is 0 Å². The van der Waals surface area contributed by atoms with Crippen LogP contribution in [0.4, 0.5) is 10.5 Å². The minimum Gasteiger partial charge on any atom is -0.321 e. The lowest BCUT2D eigenvalue weighted by Gasteiger charge is -2.41. The quantitative estimate of drug-likeness (QED) is 0.280. The number of anilines is 1. The zero-order chi connectivity index (χ0) is 29.5. The maximum absolute atomic E-state index is 14.3. The molecule has 1 aliphatic heterocycles. The van der Waals surface area contributed by atoms with Crippen molar-refractivity contribution in [3.05, 3.63) is 101 Å². The van der Waals surface area contributed by atoms with Crippen LogP contribution in [0.5, 0.6) is 0 Å². The van der Waals surface area contributed by atoms with Crippen molar-refractivity contribution in [3.8, 4) is 0 Å². The number of para-hydroxylation sites is 1.